The number of hydrogen-bond donors (Lipinski definition) is 4. The van der Waals surface area contributed by atoms with Gasteiger partial charge >= 0.3 is 0 Å². The van der Waals surface area contributed by atoms with Crippen LogP contribution in [0.5, 0.6) is 5.75 Å². The lowest BCUT2D eigenvalue weighted by atomic mass is 9.97. The van der Waals surface area contributed by atoms with E-state index >= 15 is 0 Å². The molecule has 0 bridgehead atoms. The van der Waals surface area contributed by atoms with Gasteiger partial charge in [-0.15, -0.1) is 0 Å². The molecule has 9 nitrogen and oxygen atoms in total. The molecule has 2 aromatic carbocycles. The van der Waals surface area contributed by atoms with Crippen molar-refractivity contribution in [1.29, 1.82) is 0 Å². The molecule has 5 rings (SSSR count). The highest BCUT2D eigenvalue weighted by Gasteiger charge is 2.22. The summed E-state index contributed by atoms with van der Waals surface area (Å²) in [6.45, 7) is 9.54. The van der Waals surface area contributed by atoms with Gasteiger partial charge in [0.25, 0.3) is 5.91 Å². The fourth-order valence-corrected chi connectivity index (χ4v) is 4.25. The molecule has 37 heavy (non-hydrogen) atoms. The van der Waals surface area contributed by atoms with Gasteiger partial charge in [0.15, 0.2) is 12.4 Å². The Morgan fingerprint density at radius 3 is 2.62 bits per heavy atom. The van der Waals surface area contributed by atoms with Crippen molar-refractivity contribution in [3.05, 3.63) is 65.4 Å². The lowest BCUT2D eigenvalue weighted by molar-refractivity contribution is -0.123. The van der Waals surface area contributed by atoms with E-state index in [1.54, 1.807) is 0 Å². The van der Waals surface area contributed by atoms with Crippen molar-refractivity contribution in [3.63, 3.8) is 0 Å². The highest BCUT2D eigenvalue weighted by atomic mass is 16.5. The van der Waals surface area contributed by atoms with Gasteiger partial charge in [0.2, 0.25) is 0 Å². The molecule has 0 unspecified atom stereocenters. The second-order valence-electron chi connectivity index (χ2n) is 10.7. The standard InChI is InChI=1S/C28H34N6O3/c1-28(2,3)17-29-25(35)16-37-22-6-4-5-19(11-22)26-33-24-15-36-14-23(24)27(34-26)32-21-9-7-18(8-10-21)20-12-30-31-13-20/h4-11,20,30-31H,12-17H2,1-3H3,(H,29,35)(H,32,33,34). The lowest BCUT2D eigenvalue weighted by Gasteiger charge is -2.18. The zero-order chi connectivity index (χ0) is 25.8. The predicted molar refractivity (Wildman–Crippen MR) is 142 cm³/mol. The van der Waals surface area contributed by atoms with Gasteiger partial charge < -0.3 is 20.1 Å². The van der Waals surface area contributed by atoms with Gasteiger partial charge in [-0.05, 0) is 35.2 Å². The van der Waals surface area contributed by atoms with Crippen LogP contribution < -0.4 is 26.2 Å². The van der Waals surface area contributed by atoms with E-state index in [1.165, 1.54) is 5.56 Å². The van der Waals surface area contributed by atoms with Gasteiger partial charge in [-0.1, -0.05) is 45.0 Å². The van der Waals surface area contributed by atoms with Gasteiger partial charge in [0.1, 0.15) is 11.6 Å². The van der Waals surface area contributed by atoms with Crippen LogP contribution in [0.15, 0.2) is 48.5 Å². The first-order valence-corrected chi connectivity index (χ1v) is 12.6. The average Bonchev–Trinajstić information content (AvgIpc) is 3.59. The molecular formula is C28H34N6O3. The number of hydrazine groups is 1. The first-order chi connectivity index (χ1) is 17.8. The number of hydrogen-bond acceptors (Lipinski definition) is 8. The molecule has 4 N–H and O–H groups in total. The normalized spacial score (nSPS) is 15.4. The SMILES string of the molecule is CC(C)(C)CNC(=O)COc1cccc(-c2nc3c(c(Nc4ccc(C5CNNC5)cc4)n2)COC3)c1. The number of benzene rings is 2. The van der Waals surface area contributed by atoms with Crippen molar-refractivity contribution >= 4 is 17.4 Å². The summed E-state index contributed by atoms with van der Waals surface area (Å²) in [4.78, 5) is 21.8. The number of aromatic nitrogens is 2. The third-order valence-electron chi connectivity index (χ3n) is 6.32. The number of amides is 1. The minimum Gasteiger partial charge on any atom is -0.484 e. The topological polar surface area (TPSA) is 109 Å². The summed E-state index contributed by atoms with van der Waals surface area (Å²) in [7, 11) is 0. The Bertz CT molecular complexity index is 1250. The molecule has 9 heteroatoms. The van der Waals surface area contributed by atoms with Crippen LogP contribution in [-0.4, -0.2) is 42.1 Å². The smallest absolute Gasteiger partial charge is 0.257 e. The van der Waals surface area contributed by atoms with E-state index in [4.69, 9.17) is 19.4 Å². The Morgan fingerprint density at radius 1 is 1.08 bits per heavy atom. The Balaban J connectivity index is 1.31. The minimum atomic E-state index is -0.149. The van der Waals surface area contributed by atoms with Crippen LogP contribution in [0.25, 0.3) is 11.4 Å². The molecule has 3 heterocycles. The molecule has 0 aliphatic carbocycles. The number of rotatable bonds is 8. The van der Waals surface area contributed by atoms with Crippen LogP contribution in [0.4, 0.5) is 11.5 Å². The van der Waals surface area contributed by atoms with Crippen molar-refractivity contribution in [2.75, 3.05) is 31.6 Å². The fraction of sp³-hybridized carbons (Fsp3) is 0.393. The van der Waals surface area contributed by atoms with Gasteiger partial charge in [0.05, 0.1) is 18.9 Å². The Morgan fingerprint density at radius 2 is 1.86 bits per heavy atom. The highest BCUT2D eigenvalue weighted by molar-refractivity contribution is 5.77. The maximum Gasteiger partial charge on any atom is 0.257 e. The van der Waals surface area contributed by atoms with Crippen molar-refractivity contribution in [1.82, 2.24) is 26.1 Å². The molecular weight excluding hydrogens is 468 g/mol. The molecule has 1 saturated heterocycles. The number of nitrogens with one attached hydrogen (secondary N) is 4. The van der Waals surface area contributed by atoms with E-state index in [1.807, 2.05) is 24.3 Å². The summed E-state index contributed by atoms with van der Waals surface area (Å²) < 4.78 is 11.4. The number of anilines is 2. The molecule has 1 amide bonds. The third-order valence-corrected chi connectivity index (χ3v) is 6.32. The largest absolute Gasteiger partial charge is 0.484 e. The fourth-order valence-electron chi connectivity index (χ4n) is 4.25. The molecule has 194 valence electrons. The maximum atomic E-state index is 12.2. The Hall–Kier alpha value is -3.53. The second kappa shape index (κ2) is 10.8. The highest BCUT2D eigenvalue weighted by Crippen LogP contribution is 2.31. The second-order valence-corrected chi connectivity index (χ2v) is 10.7. The van der Waals surface area contributed by atoms with Crippen LogP contribution in [0, 0.1) is 5.41 Å². The monoisotopic (exact) mass is 502 g/mol. The number of carbonyl (C=O) groups excluding carboxylic acids is 1. The zero-order valence-corrected chi connectivity index (χ0v) is 21.6. The number of fused-ring (bicyclic) bond motifs is 1. The summed E-state index contributed by atoms with van der Waals surface area (Å²) in [5.74, 6) is 2.22. The molecule has 2 aliphatic heterocycles. The predicted octanol–water partition coefficient (Wildman–Crippen LogP) is 3.65. The average molecular weight is 503 g/mol. The van der Waals surface area contributed by atoms with Crippen LogP contribution in [0.3, 0.4) is 0 Å². The molecule has 0 saturated carbocycles. The van der Waals surface area contributed by atoms with Crippen molar-refractivity contribution in [3.8, 4) is 17.1 Å². The number of carbonyl (C=O) groups is 1. The molecule has 3 aromatic rings. The molecule has 1 fully saturated rings. The van der Waals surface area contributed by atoms with E-state index in [-0.39, 0.29) is 17.9 Å². The van der Waals surface area contributed by atoms with Gasteiger partial charge in [-0.2, -0.15) is 0 Å². The lowest BCUT2D eigenvalue weighted by Crippen LogP contribution is -2.35. The van der Waals surface area contributed by atoms with Crippen LogP contribution >= 0.6 is 0 Å². The van der Waals surface area contributed by atoms with Crippen LogP contribution in [0.2, 0.25) is 0 Å². The zero-order valence-electron chi connectivity index (χ0n) is 21.6. The van der Waals surface area contributed by atoms with Crippen molar-refractivity contribution < 1.29 is 14.3 Å². The quantitative estimate of drug-likeness (QED) is 0.370. The van der Waals surface area contributed by atoms with Gasteiger partial charge in [0, 0.05) is 42.4 Å². The maximum absolute atomic E-state index is 12.2. The molecule has 0 radical (unpaired) electrons. The molecule has 2 aliphatic rings. The van der Waals surface area contributed by atoms with Crippen LogP contribution in [0.1, 0.15) is 43.5 Å². The van der Waals surface area contributed by atoms with Crippen LogP contribution in [-0.2, 0) is 22.7 Å². The first kappa shape index (κ1) is 25.1. The summed E-state index contributed by atoms with van der Waals surface area (Å²) in [6.07, 6.45) is 0. The van der Waals surface area contributed by atoms with E-state index in [2.05, 4.69) is 66.5 Å². The third kappa shape index (κ3) is 6.43. The number of nitrogens with zero attached hydrogens (tertiary/aromatic N) is 2. The Kier molecular flexibility index (Phi) is 7.36. The summed E-state index contributed by atoms with van der Waals surface area (Å²) in [5, 5.41) is 6.37. The van der Waals surface area contributed by atoms with Crippen molar-refractivity contribution in [2.24, 2.45) is 5.41 Å². The minimum absolute atomic E-state index is 0.0168. The van der Waals surface area contributed by atoms with Gasteiger partial charge in [-0.25, -0.2) is 9.97 Å². The summed E-state index contributed by atoms with van der Waals surface area (Å²) in [5.41, 5.74) is 11.3. The summed E-state index contributed by atoms with van der Waals surface area (Å²) >= 11 is 0. The van der Waals surface area contributed by atoms with Crippen molar-refractivity contribution in [2.45, 2.75) is 39.9 Å². The van der Waals surface area contributed by atoms with E-state index in [0.29, 0.717) is 37.3 Å². The molecule has 0 atom stereocenters. The van der Waals surface area contributed by atoms with E-state index in [0.717, 1.165) is 41.4 Å². The Labute approximate surface area is 217 Å². The number of ether oxygens (including phenoxy) is 2. The van der Waals surface area contributed by atoms with E-state index < -0.39 is 0 Å². The van der Waals surface area contributed by atoms with E-state index in [9.17, 15) is 4.79 Å². The van der Waals surface area contributed by atoms with Gasteiger partial charge in [-0.3, -0.25) is 15.6 Å². The first-order valence-electron chi connectivity index (χ1n) is 12.6. The molecule has 1 aromatic heterocycles. The molecule has 0 spiro atoms. The summed E-state index contributed by atoms with van der Waals surface area (Å²) in [6, 6.07) is 16.0.